The summed E-state index contributed by atoms with van der Waals surface area (Å²) in [6, 6.07) is 11.3. The summed E-state index contributed by atoms with van der Waals surface area (Å²) >= 11 is 0. The average Bonchev–Trinajstić information content (AvgIpc) is 2.94. The highest BCUT2D eigenvalue weighted by atomic mass is 32.2. The first kappa shape index (κ1) is 18.1. The van der Waals surface area contributed by atoms with Gasteiger partial charge in [-0.05, 0) is 43.3 Å². The van der Waals surface area contributed by atoms with E-state index in [1.165, 1.54) is 38.4 Å². The second kappa shape index (κ2) is 6.89. The van der Waals surface area contributed by atoms with E-state index in [9.17, 15) is 13.2 Å². The van der Waals surface area contributed by atoms with Crippen LogP contribution in [0.1, 0.15) is 21.7 Å². The summed E-state index contributed by atoms with van der Waals surface area (Å²) < 4.78 is 32.5. The maximum atomic E-state index is 12.3. The molecule has 0 aliphatic carbocycles. The van der Waals surface area contributed by atoms with Crippen LogP contribution in [0.15, 0.2) is 53.6 Å². The highest BCUT2D eigenvalue weighted by molar-refractivity contribution is 7.89. The molecule has 1 aromatic carbocycles. The SMILES string of the molecule is Cc1nc2ccccn2c1COC(=O)c1ccc(S(=O)(=O)N(C)C)cc1. The monoisotopic (exact) mass is 373 g/mol. The number of esters is 1. The number of benzene rings is 1. The second-order valence-corrected chi connectivity index (χ2v) is 8.11. The summed E-state index contributed by atoms with van der Waals surface area (Å²) in [6.45, 7) is 1.94. The van der Waals surface area contributed by atoms with Gasteiger partial charge >= 0.3 is 5.97 Å². The molecule has 0 spiro atoms. The van der Waals surface area contributed by atoms with Crippen molar-refractivity contribution in [1.82, 2.24) is 13.7 Å². The van der Waals surface area contributed by atoms with E-state index in [0.717, 1.165) is 21.3 Å². The molecule has 0 aliphatic heterocycles. The number of carbonyl (C=O) groups is 1. The summed E-state index contributed by atoms with van der Waals surface area (Å²) in [6.07, 6.45) is 1.86. The Morgan fingerprint density at radius 2 is 1.85 bits per heavy atom. The lowest BCUT2D eigenvalue weighted by atomic mass is 10.2. The van der Waals surface area contributed by atoms with E-state index in [2.05, 4.69) is 4.98 Å². The standard InChI is InChI=1S/C18H19N3O4S/c1-13-16(21-11-5-4-6-17(21)19-13)12-25-18(22)14-7-9-15(10-8-14)26(23,24)20(2)3/h4-11H,12H2,1-3H3. The zero-order valence-corrected chi connectivity index (χ0v) is 15.5. The molecular weight excluding hydrogens is 354 g/mol. The molecule has 8 heteroatoms. The van der Waals surface area contributed by atoms with Gasteiger partial charge in [0.2, 0.25) is 10.0 Å². The number of nitrogens with zero attached hydrogens (tertiary/aromatic N) is 3. The number of aryl methyl sites for hydroxylation is 1. The van der Waals surface area contributed by atoms with E-state index in [1.807, 2.05) is 35.7 Å². The molecule has 0 aliphatic rings. The van der Waals surface area contributed by atoms with E-state index >= 15 is 0 Å². The normalized spacial score (nSPS) is 11.8. The Kier molecular flexibility index (Phi) is 4.80. The van der Waals surface area contributed by atoms with Crippen molar-refractivity contribution in [2.75, 3.05) is 14.1 Å². The molecule has 0 saturated carbocycles. The molecule has 0 radical (unpaired) electrons. The number of hydrogen-bond acceptors (Lipinski definition) is 5. The van der Waals surface area contributed by atoms with Gasteiger partial charge in [-0.1, -0.05) is 6.07 Å². The third kappa shape index (κ3) is 3.33. The highest BCUT2D eigenvalue weighted by Gasteiger charge is 2.18. The quantitative estimate of drug-likeness (QED) is 0.641. The molecule has 136 valence electrons. The van der Waals surface area contributed by atoms with E-state index < -0.39 is 16.0 Å². The molecule has 0 bridgehead atoms. The molecule has 26 heavy (non-hydrogen) atoms. The maximum absolute atomic E-state index is 12.3. The number of sulfonamides is 1. The molecule has 3 rings (SSSR count). The first-order valence-electron chi connectivity index (χ1n) is 7.93. The minimum absolute atomic E-state index is 0.0770. The number of pyridine rings is 1. The number of hydrogen-bond donors (Lipinski definition) is 0. The van der Waals surface area contributed by atoms with Crippen LogP contribution in [0.2, 0.25) is 0 Å². The van der Waals surface area contributed by atoms with Gasteiger partial charge in [-0.25, -0.2) is 22.5 Å². The Bertz CT molecular complexity index is 1050. The fourth-order valence-electron chi connectivity index (χ4n) is 2.53. The van der Waals surface area contributed by atoms with Crippen LogP contribution in [0.4, 0.5) is 0 Å². The van der Waals surface area contributed by atoms with Crippen molar-refractivity contribution in [2.24, 2.45) is 0 Å². The van der Waals surface area contributed by atoms with Crippen molar-refractivity contribution in [3.8, 4) is 0 Å². The van der Waals surface area contributed by atoms with Crippen molar-refractivity contribution in [1.29, 1.82) is 0 Å². The van der Waals surface area contributed by atoms with Crippen molar-refractivity contribution in [2.45, 2.75) is 18.4 Å². The summed E-state index contributed by atoms with van der Waals surface area (Å²) in [5.74, 6) is -0.524. The number of ether oxygens (including phenoxy) is 1. The van der Waals surface area contributed by atoms with Gasteiger partial charge in [-0.2, -0.15) is 0 Å². The number of carbonyl (C=O) groups excluding carboxylic acids is 1. The molecule has 0 unspecified atom stereocenters. The highest BCUT2D eigenvalue weighted by Crippen LogP contribution is 2.16. The van der Waals surface area contributed by atoms with Crippen LogP contribution < -0.4 is 0 Å². The lowest BCUT2D eigenvalue weighted by molar-refractivity contribution is 0.0466. The Morgan fingerprint density at radius 1 is 1.15 bits per heavy atom. The van der Waals surface area contributed by atoms with Crippen molar-refractivity contribution in [3.63, 3.8) is 0 Å². The predicted octanol–water partition coefficient (Wildman–Crippen LogP) is 2.25. The van der Waals surface area contributed by atoms with E-state index in [1.54, 1.807) is 0 Å². The van der Waals surface area contributed by atoms with Crippen LogP contribution in [0.25, 0.3) is 5.65 Å². The molecule has 7 nitrogen and oxygen atoms in total. The maximum Gasteiger partial charge on any atom is 0.338 e. The zero-order valence-electron chi connectivity index (χ0n) is 14.7. The van der Waals surface area contributed by atoms with Crippen molar-refractivity contribution < 1.29 is 17.9 Å². The van der Waals surface area contributed by atoms with Gasteiger partial charge < -0.3 is 9.14 Å². The zero-order chi connectivity index (χ0) is 18.9. The second-order valence-electron chi connectivity index (χ2n) is 5.96. The number of imidazole rings is 1. The van der Waals surface area contributed by atoms with Crippen LogP contribution in [0.3, 0.4) is 0 Å². The van der Waals surface area contributed by atoms with Crippen molar-refractivity contribution in [3.05, 3.63) is 65.6 Å². The fraction of sp³-hybridized carbons (Fsp3) is 0.222. The Hall–Kier alpha value is -2.71. The van der Waals surface area contributed by atoms with Crippen LogP contribution in [0, 0.1) is 6.92 Å². The van der Waals surface area contributed by atoms with Gasteiger partial charge in [0.25, 0.3) is 0 Å². The molecule has 0 saturated heterocycles. The lowest BCUT2D eigenvalue weighted by Gasteiger charge is -2.11. The molecule has 0 N–H and O–H groups in total. The molecule has 3 aromatic rings. The van der Waals surface area contributed by atoms with Gasteiger partial charge in [0.15, 0.2) is 0 Å². The Balaban J connectivity index is 1.75. The van der Waals surface area contributed by atoms with Crippen molar-refractivity contribution >= 4 is 21.6 Å². The minimum Gasteiger partial charge on any atom is -0.456 e. The van der Waals surface area contributed by atoms with Gasteiger partial charge in [0, 0.05) is 20.3 Å². The van der Waals surface area contributed by atoms with Gasteiger partial charge in [-0.3, -0.25) is 0 Å². The number of fused-ring (bicyclic) bond motifs is 1. The number of aromatic nitrogens is 2. The largest absolute Gasteiger partial charge is 0.456 e. The topological polar surface area (TPSA) is 81.0 Å². The first-order chi connectivity index (χ1) is 12.3. The lowest BCUT2D eigenvalue weighted by Crippen LogP contribution is -2.22. The smallest absolute Gasteiger partial charge is 0.338 e. The summed E-state index contributed by atoms with van der Waals surface area (Å²) in [5.41, 5.74) is 2.65. The average molecular weight is 373 g/mol. The fourth-order valence-corrected chi connectivity index (χ4v) is 3.43. The van der Waals surface area contributed by atoms with Gasteiger partial charge in [-0.15, -0.1) is 0 Å². The molecule has 0 atom stereocenters. The van der Waals surface area contributed by atoms with Crippen LogP contribution in [-0.4, -0.2) is 42.2 Å². The summed E-state index contributed by atoms with van der Waals surface area (Å²) in [5, 5.41) is 0. The molecule has 2 heterocycles. The van der Waals surface area contributed by atoms with E-state index in [4.69, 9.17) is 4.74 Å². The number of rotatable bonds is 5. The molecule has 0 fully saturated rings. The predicted molar refractivity (Wildman–Crippen MR) is 96.4 cm³/mol. The van der Waals surface area contributed by atoms with E-state index in [0.29, 0.717) is 0 Å². The van der Waals surface area contributed by atoms with Gasteiger partial charge in [0.05, 0.1) is 21.8 Å². The van der Waals surface area contributed by atoms with Crippen LogP contribution in [0.5, 0.6) is 0 Å². The summed E-state index contributed by atoms with van der Waals surface area (Å²) in [4.78, 5) is 16.8. The summed E-state index contributed by atoms with van der Waals surface area (Å²) in [7, 11) is -0.619. The van der Waals surface area contributed by atoms with Crippen LogP contribution in [-0.2, 0) is 21.4 Å². The third-order valence-electron chi connectivity index (χ3n) is 4.04. The van der Waals surface area contributed by atoms with Gasteiger partial charge in [0.1, 0.15) is 12.3 Å². The molecule has 0 amide bonds. The van der Waals surface area contributed by atoms with E-state index in [-0.39, 0.29) is 17.1 Å². The first-order valence-corrected chi connectivity index (χ1v) is 9.37. The molecule has 2 aromatic heterocycles. The van der Waals surface area contributed by atoms with Crippen LogP contribution >= 0.6 is 0 Å². The third-order valence-corrected chi connectivity index (χ3v) is 5.87. The Labute approximate surface area is 151 Å². The minimum atomic E-state index is -3.53. The molecular formula is C18H19N3O4S. The Morgan fingerprint density at radius 3 is 2.50 bits per heavy atom.